The summed E-state index contributed by atoms with van der Waals surface area (Å²) >= 11 is 0. The molecule has 0 radical (unpaired) electrons. The Bertz CT molecular complexity index is 3430. The first-order valence-electron chi connectivity index (χ1n) is 19.6. The summed E-state index contributed by atoms with van der Waals surface area (Å²) in [7, 11) is 0. The van der Waals surface area contributed by atoms with Gasteiger partial charge in [0.1, 0.15) is 5.65 Å². The fourth-order valence-electron chi connectivity index (χ4n) is 8.74. The summed E-state index contributed by atoms with van der Waals surface area (Å²) < 4.78 is 4.57. The van der Waals surface area contributed by atoms with Crippen LogP contribution in [0.4, 0.5) is 0 Å². The van der Waals surface area contributed by atoms with Crippen LogP contribution in [0.25, 0.3) is 111 Å². The van der Waals surface area contributed by atoms with Crippen molar-refractivity contribution < 1.29 is 0 Å². The van der Waals surface area contributed by atoms with E-state index in [0.29, 0.717) is 5.95 Å². The molecule has 270 valence electrons. The molecule has 0 fully saturated rings. The number of nitrogens with zero attached hydrogens (tertiary/aromatic N) is 5. The fourth-order valence-corrected chi connectivity index (χ4v) is 8.74. The lowest BCUT2D eigenvalue weighted by molar-refractivity contribution is 0.996. The lowest BCUT2D eigenvalue weighted by atomic mass is 10.0. The number of para-hydroxylation sites is 3. The van der Waals surface area contributed by atoms with Gasteiger partial charge in [-0.05, 0) is 64.0 Å². The van der Waals surface area contributed by atoms with E-state index in [9.17, 15) is 0 Å². The molecule has 0 spiro atoms. The van der Waals surface area contributed by atoms with E-state index >= 15 is 0 Å². The molecule has 0 N–H and O–H groups in total. The van der Waals surface area contributed by atoms with Gasteiger partial charge in [-0.25, -0.2) is 15.0 Å². The van der Waals surface area contributed by atoms with Gasteiger partial charge in [0.2, 0.25) is 5.95 Å². The van der Waals surface area contributed by atoms with Gasteiger partial charge >= 0.3 is 0 Å². The van der Waals surface area contributed by atoms with E-state index in [0.717, 1.165) is 93.8 Å². The zero-order valence-electron chi connectivity index (χ0n) is 31.3. The third kappa shape index (κ3) is 5.07. The Morgan fingerprint density at radius 1 is 0.293 bits per heavy atom. The van der Waals surface area contributed by atoms with Crippen LogP contribution >= 0.6 is 0 Å². The molecule has 0 amide bonds. The summed E-state index contributed by atoms with van der Waals surface area (Å²) in [5.74, 6) is 0.621. The topological polar surface area (TPSA) is 48.0 Å². The van der Waals surface area contributed by atoms with Crippen LogP contribution in [0.5, 0.6) is 0 Å². The number of hydrogen-bond donors (Lipinski definition) is 0. The fraction of sp³-hybridized carbons (Fsp3) is 0. The van der Waals surface area contributed by atoms with Gasteiger partial charge in [0.05, 0.1) is 39.0 Å². The van der Waals surface area contributed by atoms with Crippen molar-refractivity contribution in [1.82, 2.24) is 23.9 Å². The number of hydrogen-bond acceptors (Lipinski definition) is 3. The Hall–Kier alpha value is -7.89. The van der Waals surface area contributed by atoms with E-state index < -0.39 is 0 Å². The molecule has 0 aliphatic carbocycles. The first kappa shape index (κ1) is 32.4. The molecule has 0 saturated carbocycles. The van der Waals surface area contributed by atoms with Gasteiger partial charge in [-0.2, -0.15) is 0 Å². The number of fused-ring (bicyclic) bond motifs is 11. The van der Waals surface area contributed by atoms with E-state index in [2.05, 4.69) is 197 Å². The molecule has 0 saturated heterocycles. The number of imidazole rings is 1. The summed E-state index contributed by atoms with van der Waals surface area (Å²) in [6.45, 7) is 0. The molecule has 0 unspecified atom stereocenters. The highest BCUT2D eigenvalue weighted by atomic mass is 15.2. The zero-order valence-corrected chi connectivity index (χ0v) is 31.3. The van der Waals surface area contributed by atoms with Gasteiger partial charge in [0.15, 0.2) is 0 Å². The summed E-state index contributed by atoms with van der Waals surface area (Å²) in [4.78, 5) is 16.0. The lowest BCUT2D eigenvalue weighted by Gasteiger charge is -2.13. The molecular weight excluding hydrogens is 707 g/mol. The van der Waals surface area contributed by atoms with Crippen LogP contribution in [0.15, 0.2) is 200 Å². The molecule has 0 aliphatic heterocycles. The average Bonchev–Trinajstić information content (AvgIpc) is 3.85. The second-order valence-electron chi connectivity index (χ2n) is 14.9. The summed E-state index contributed by atoms with van der Waals surface area (Å²) in [6.07, 6.45) is 0. The highest BCUT2D eigenvalue weighted by Gasteiger charge is 2.21. The SMILES string of the molecule is c1ccc(-c2ccc(-c3cc(-c4ccc(-c5ccccc5)cc4)nc(-n4c5ccccc5c5cc6c(cc54)c4ccccc4c4nc5ccccc5n64)n3)cc2)cc1. The Labute approximate surface area is 333 Å². The third-order valence-electron chi connectivity index (χ3n) is 11.5. The highest BCUT2D eigenvalue weighted by Crippen LogP contribution is 2.39. The molecular formula is C53H33N5. The number of rotatable bonds is 5. The standard InChI is InChI=1S/C53H33N5/c1-3-13-34(14-4-1)36-23-27-38(28-24-36)46-33-47(39-29-25-37(26-30-39)35-15-5-2-6-16-35)56-53(55-46)58-48-21-11-9-18-41(48)44-32-50-43(31-51(44)58)40-17-7-8-19-42(40)52-54-45-20-10-12-22-49(45)57(50)52/h1-33H. The van der Waals surface area contributed by atoms with E-state index in [1.165, 1.54) is 11.1 Å². The molecule has 8 aromatic carbocycles. The van der Waals surface area contributed by atoms with Crippen molar-refractivity contribution in [3.8, 4) is 50.7 Å². The quantitative estimate of drug-likeness (QED) is 0.165. The van der Waals surface area contributed by atoms with E-state index in [1.807, 2.05) is 12.1 Å². The maximum atomic E-state index is 5.40. The average molecular weight is 740 g/mol. The number of benzene rings is 8. The predicted octanol–water partition coefficient (Wildman–Crippen LogP) is 13.3. The molecule has 0 bridgehead atoms. The van der Waals surface area contributed by atoms with Crippen LogP contribution in [0.2, 0.25) is 0 Å². The highest BCUT2D eigenvalue weighted by molar-refractivity contribution is 6.20. The van der Waals surface area contributed by atoms with Gasteiger partial charge in [-0.1, -0.05) is 164 Å². The van der Waals surface area contributed by atoms with Crippen molar-refractivity contribution >= 4 is 60.2 Å². The van der Waals surface area contributed by atoms with Crippen molar-refractivity contribution in [2.45, 2.75) is 0 Å². The molecule has 0 atom stereocenters. The van der Waals surface area contributed by atoms with E-state index in [1.54, 1.807) is 0 Å². The third-order valence-corrected chi connectivity index (χ3v) is 11.5. The molecule has 5 nitrogen and oxygen atoms in total. The zero-order chi connectivity index (χ0) is 38.2. The molecule has 4 heterocycles. The normalized spacial score (nSPS) is 11.8. The smallest absolute Gasteiger partial charge is 0.235 e. The predicted molar refractivity (Wildman–Crippen MR) is 239 cm³/mol. The number of aromatic nitrogens is 5. The minimum Gasteiger partial charge on any atom is -0.292 e. The second kappa shape index (κ2) is 12.8. The van der Waals surface area contributed by atoms with Crippen LogP contribution < -0.4 is 0 Å². The Balaban J connectivity index is 1.12. The number of pyridine rings is 1. The van der Waals surface area contributed by atoms with Gasteiger partial charge in [0.25, 0.3) is 0 Å². The largest absolute Gasteiger partial charge is 0.292 e. The Morgan fingerprint density at radius 3 is 1.40 bits per heavy atom. The van der Waals surface area contributed by atoms with Gasteiger partial charge in [-0.15, -0.1) is 0 Å². The maximum absolute atomic E-state index is 5.40. The minimum absolute atomic E-state index is 0.621. The molecule has 0 aliphatic rings. The van der Waals surface area contributed by atoms with Crippen LogP contribution in [0.1, 0.15) is 0 Å². The lowest BCUT2D eigenvalue weighted by Crippen LogP contribution is -2.04. The molecule has 12 rings (SSSR count). The van der Waals surface area contributed by atoms with Crippen molar-refractivity contribution in [1.29, 1.82) is 0 Å². The summed E-state index contributed by atoms with van der Waals surface area (Å²) in [6, 6.07) is 70.8. The van der Waals surface area contributed by atoms with Crippen molar-refractivity contribution in [2.24, 2.45) is 0 Å². The van der Waals surface area contributed by atoms with Gasteiger partial charge in [-0.3, -0.25) is 8.97 Å². The van der Waals surface area contributed by atoms with Crippen molar-refractivity contribution in [3.05, 3.63) is 200 Å². The second-order valence-corrected chi connectivity index (χ2v) is 14.9. The summed E-state index contributed by atoms with van der Waals surface area (Å²) in [5.41, 5.74) is 14.7. The van der Waals surface area contributed by atoms with Crippen LogP contribution in [0.3, 0.4) is 0 Å². The van der Waals surface area contributed by atoms with Crippen molar-refractivity contribution in [2.75, 3.05) is 0 Å². The first-order valence-corrected chi connectivity index (χ1v) is 19.6. The van der Waals surface area contributed by atoms with Crippen molar-refractivity contribution in [3.63, 3.8) is 0 Å². The monoisotopic (exact) mass is 739 g/mol. The summed E-state index contributed by atoms with van der Waals surface area (Å²) in [5, 5.41) is 5.69. The van der Waals surface area contributed by atoms with Crippen LogP contribution in [0, 0.1) is 0 Å². The molecule has 5 heteroatoms. The van der Waals surface area contributed by atoms with E-state index in [4.69, 9.17) is 15.0 Å². The maximum Gasteiger partial charge on any atom is 0.235 e. The van der Waals surface area contributed by atoms with Crippen LogP contribution in [-0.4, -0.2) is 23.9 Å². The molecule has 12 aromatic rings. The Morgan fingerprint density at radius 2 is 0.759 bits per heavy atom. The molecule has 58 heavy (non-hydrogen) atoms. The van der Waals surface area contributed by atoms with Gasteiger partial charge < -0.3 is 0 Å². The molecule has 4 aromatic heterocycles. The van der Waals surface area contributed by atoms with Gasteiger partial charge in [0, 0.05) is 32.7 Å². The first-order chi connectivity index (χ1) is 28.7. The Kier molecular flexibility index (Phi) is 7.16. The van der Waals surface area contributed by atoms with Crippen LogP contribution in [-0.2, 0) is 0 Å². The van der Waals surface area contributed by atoms with E-state index in [-0.39, 0.29) is 0 Å². The minimum atomic E-state index is 0.621.